The highest BCUT2D eigenvalue weighted by atomic mass is 32.2. The lowest BCUT2D eigenvalue weighted by Crippen LogP contribution is -2.33. The summed E-state index contributed by atoms with van der Waals surface area (Å²) < 4.78 is 43.4. The molecule has 3 rings (SSSR count). The molecule has 2 aromatic carbocycles. The molecule has 0 bridgehead atoms. The number of hydrogen-bond donors (Lipinski definition) is 2. The molecule has 8 nitrogen and oxygen atoms in total. The van der Waals surface area contributed by atoms with Gasteiger partial charge in [0.15, 0.2) is 17.6 Å². The van der Waals surface area contributed by atoms with Crippen LogP contribution in [-0.4, -0.2) is 34.3 Å². The first-order valence-corrected chi connectivity index (χ1v) is 9.74. The van der Waals surface area contributed by atoms with Crippen molar-refractivity contribution in [3.63, 3.8) is 0 Å². The van der Waals surface area contributed by atoms with Gasteiger partial charge in [-0.3, -0.25) is 4.79 Å². The van der Waals surface area contributed by atoms with Crippen LogP contribution in [0, 0.1) is 0 Å². The number of carbonyl (C=O) groups is 1. The van der Waals surface area contributed by atoms with Gasteiger partial charge in [0.2, 0.25) is 16.8 Å². The molecule has 0 saturated heterocycles. The van der Waals surface area contributed by atoms with Crippen LogP contribution in [0.25, 0.3) is 0 Å². The monoisotopic (exact) mass is 392 g/mol. The molecule has 1 atom stereocenters. The second-order valence-electron chi connectivity index (χ2n) is 5.86. The molecule has 2 aromatic rings. The molecule has 1 heterocycles. The summed E-state index contributed by atoms with van der Waals surface area (Å²) in [4.78, 5) is 11.6. The maximum Gasteiger partial charge on any atom is 0.260 e. The van der Waals surface area contributed by atoms with Gasteiger partial charge >= 0.3 is 0 Å². The SMILES string of the molecule is CNC(=O)[C@@H](C)Oc1ccc(S(=O)(=O)NCc2ccc3c(c2)OCO3)cc1. The van der Waals surface area contributed by atoms with Gasteiger partial charge < -0.3 is 19.5 Å². The lowest BCUT2D eigenvalue weighted by Gasteiger charge is -2.13. The minimum absolute atomic E-state index is 0.100. The number of ether oxygens (including phenoxy) is 3. The van der Waals surface area contributed by atoms with Crippen molar-refractivity contribution in [2.45, 2.75) is 24.5 Å². The molecule has 27 heavy (non-hydrogen) atoms. The second kappa shape index (κ2) is 7.85. The highest BCUT2D eigenvalue weighted by molar-refractivity contribution is 7.89. The van der Waals surface area contributed by atoms with Crippen LogP contribution < -0.4 is 24.2 Å². The predicted octanol–water partition coefficient (Wildman–Crippen LogP) is 1.41. The molecule has 9 heteroatoms. The van der Waals surface area contributed by atoms with E-state index >= 15 is 0 Å². The maximum atomic E-state index is 12.5. The number of amides is 1. The Kier molecular flexibility index (Phi) is 5.52. The molecule has 0 fully saturated rings. The molecule has 144 valence electrons. The van der Waals surface area contributed by atoms with Gasteiger partial charge in [-0.05, 0) is 48.9 Å². The van der Waals surface area contributed by atoms with Crippen molar-refractivity contribution in [1.29, 1.82) is 0 Å². The van der Waals surface area contributed by atoms with Gasteiger partial charge in [0.05, 0.1) is 4.90 Å². The maximum absolute atomic E-state index is 12.5. The topological polar surface area (TPSA) is 103 Å². The highest BCUT2D eigenvalue weighted by Crippen LogP contribution is 2.32. The minimum Gasteiger partial charge on any atom is -0.481 e. The fraction of sp³-hybridized carbons (Fsp3) is 0.278. The smallest absolute Gasteiger partial charge is 0.260 e. The average molecular weight is 392 g/mol. The summed E-state index contributed by atoms with van der Waals surface area (Å²) in [6, 6.07) is 11.1. The van der Waals surface area contributed by atoms with Crippen LogP contribution in [0.5, 0.6) is 17.2 Å². The first-order valence-electron chi connectivity index (χ1n) is 8.25. The summed E-state index contributed by atoms with van der Waals surface area (Å²) in [6.07, 6.45) is -0.679. The van der Waals surface area contributed by atoms with Gasteiger partial charge in [0, 0.05) is 13.6 Å². The van der Waals surface area contributed by atoms with Crippen molar-refractivity contribution in [2.75, 3.05) is 13.8 Å². The fourth-order valence-corrected chi connectivity index (χ4v) is 3.49. The molecular formula is C18H20N2O6S. The summed E-state index contributed by atoms with van der Waals surface area (Å²) in [6.45, 7) is 1.89. The fourth-order valence-electron chi connectivity index (χ4n) is 2.47. The predicted molar refractivity (Wildman–Crippen MR) is 97.2 cm³/mol. The molecule has 0 aromatic heterocycles. The van der Waals surface area contributed by atoms with Gasteiger partial charge in [-0.25, -0.2) is 13.1 Å². The van der Waals surface area contributed by atoms with E-state index in [1.54, 1.807) is 25.1 Å². The number of carbonyl (C=O) groups excluding carboxylic acids is 1. The van der Waals surface area contributed by atoms with Gasteiger partial charge in [-0.15, -0.1) is 0 Å². The van der Waals surface area contributed by atoms with Gasteiger partial charge in [0.1, 0.15) is 5.75 Å². The van der Waals surface area contributed by atoms with Crippen molar-refractivity contribution in [3.8, 4) is 17.2 Å². The average Bonchev–Trinajstić information content (AvgIpc) is 3.14. The lowest BCUT2D eigenvalue weighted by atomic mass is 10.2. The normalized spacial score (nSPS) is 13.9. The summed E-state index contributed by atoms with van der Waals surface area (Å²) >= 11 is 0. The van der Waals surface area contributed by atoms with Gasteiger partial charge in [-0.1, -0.05) is 6.07 Å². The number of fused-ring (bicyclic) bond motifs is 1. The van der Waals surface area contributed by atoms with Crippen LogP contribution in [0.1, 0.15) is 12.5 Å². The molecule has 0 unspecified atom stereocenters. The molecule has 0 radical (unpaired) electrons. The zero-order valence-electron chi connectivity index (χ0n) is 14.9. The van der Waals surface area contributed by atoms with E-state index in [0.29, 0.717) is 17.2 Å². The Bertz CT molecular complexity index is 927. The molecular weight excluding hydrogens is 372 g/mol. The number of nitrogens with one attached hydrogen (secondary N) is 2. The van der Waals surface area contributed by atoms with Crippen molar-refractivity contribution >= 4 is 15.9 Å². The third-order valence-electron chi connectivity index (χ3n) is 3.97. The summed E-state index contributed by atoms with van der Waals surface area (Å²) in [7, 11) is -2.18. The molecule has 1 aliphatic heterocycles. The van der Waals surface area contributed by atoms with Crippen LogP contribution in [0.15, 0.2) is 47.4 Å². The third kappa shape index (κ3) is 4.50. The number of likely N-dealkylation sites (N-methyl/N-ethyl adjacent to an activating group) is 1. The third-order valence-corrected chi connectivity index (χ3v) is 5.38. The molecule has 0 aliphatic carbocycles. The molecule has 1 aliphatic rings. The standard InChI is InChI=1S/C18H20N2O6S/c1-12(18(21)19-2)26-14-4-6-15(7-5-14)27(22,23)20-10-13-3-8-16-17(9-13)25-11-24-16/h3-9,12,20H,10-11H2,1-2H3,(H,19,21)/t12-/m1/s1. The Balaban J connectivity index is 1.63. The number of sulfonamides is 1. The van der Waals surface area contributed by atoms with E-state index in [1.807, 2.05) is 0 Å². The Morgan fingerprint density at radius 1 is 1.15 bits per heavy atom. The van der Waals surface area contributed by atoms with Crippen molar-refractivity contribution in [1.82, 2.24) is 10.0 Å². The largest absolute Gasteiger partial charge is 0.481 e. The van der Waals surface area contributed by atoms with Crippen LogP contribution >= 0.6 is 0 Å². The van der Waals surface area contributed by atoms with E-state index in [9.17, 15) is 13.2 Å². The Hall–Kier alpha value is -2.78. The quantitative estimate of drug-likeness (QED) is 0.739. The molecule has 0 spiro atoms. The summed E-state index contributed by atoms with van der Waals surface area (Å²) in [5.41, 5.74) is 0.752. The molecule has 1 amide bonds. The van der Waals surface area contributed by atoms with Crippen LogP contribution in [0.3, 0.4) is 0 Å². The van der Waals surface area contributed by atoms with Crippen molar-refractivity contribution in [3.05, 3.63) is 48.0 Å². The van der Waals surface area contributed by atoms with Crippen LogP contribution in [-0.2, 0) is 21.4 Å². The highest BCUT2D eigenvalue weighted by Gasteiger charge is 2.17. The summed E-state index contributed by atoms with van der Waals surface area (Å²) in [5.74, 6) is 1.37. The second-order valence-corrected chi connectivity index (χ2v) is 7.62. The Labute approximate surface area is 157 Å². The first-order chi connectivity index (χ1) is 12.9. The number of benzene rings is 2. The number of hydrogen-bond acceptors (Lipinski definition) is 6. The Morgan fingerprint density at radius 2 is 1.85 bits per heavy atom. The zero-order chi connectivity index (χ0) is 19.4. The van der Waals surface area contributed by atoms with Gasteiger partial charge in [0.25, 0.3) is 5.91 Å². The first kappa shape index (κ1) is 19.0. The van der Waals surface area contributed by atoms with Crippen molar-refractivity contribution in [2.24, 2.45) is 0 Å². The van der Waals surface area contributed by atoms with Gasteiger partial charge in [-0.2, -0.15) is 0 Å². The number of rotatable bonds is 7. The molecule has 2 N–H and O–H groups in total. The lowest BCUT2D eigenvalue weighted by molar-refractivity contribution is -0.126. The minimum atomic E-state index is -3.70. The van der Waals surface area contributed by atoms with E-state index in [1.165, 1.54) is 31.3 Å². The van der Waals surface area contributed by atoms with E-state index in [-0.39, 0.29) is 24.1 Å². The molecule has 0 saturated carbocycles. The van der Waals surface area contributed by atoms with E-state index in [0.717, 1.165) is 5.56 Å². The van der Waals surface area contributed by atoms with E-state index < -0.39 is 16.1 Å². The summed E-state index contributed by atoms with van der Waals surface area (Å²) in [5, 5.41) is 2.48. The van der Waals surface area contributed by atoms with E-state index in [2.05, 4.69) is 10.0 Å². The zero-order valence-corrected chi connectivity index (χ0v) is 15.7. The Morgan fingerprint density at radius 3 is 2.56 bits per heavy atom. The van der Waals surface area contributed by atoms with Crippen LogP contribution in [0.4, 0.5) is 0 Å². The van der Waals surface area contributed by atoms with E-state index in [4.69, 9.17) is 14.2 Å². The van der Waals surface area contributed by atoms with Crippen LogP contribution in [0.2, 0.25) is 0 Å². The van der Waals surface area contributed by atoms with Crippen molar-refractivity contribution < 1.29 is 27.4 Å².